The summed E-state index contributed by atoms with van der Waals surface area (Å²) in [5.41, 5.74) is 10.9. The number of rotatable bonds is 13. The van der Waals surface area contributed by atoms with Crippen LogP contribution in [0.3, 0.4) is 0 Å². The van der Waals surface area contributed by atoms with Crippen LogP contribution in [0.1, 0.15) is 53.3 Å². The first-order chi connectivity index (χ1) is 21.9. The molecule has 0 unspecified atom stereocenters. The lowest BCUT2D eigenvalue weighted by Crippen LogP contribution is -2.42. The predicted octanol–water partition coefficient (Wildman–Crippen LogP) is 4.27. The van der Waals surface area contributed by atoms with E-state index in [0.717, 1.165) is 60.3 Å². The number of carbonyl (C=O) groups is 2. The van der Waals surface area contributed by atoms with Crippen molar-refractivity contribution >= 4 is 22.8 Å². The van der Waals surface area contributed by atoms with Crippen LogP contribution in [0.15, 0.2) is 66.7 Å². The number of ether oxygens (including phenoxy) is 1. The zero-order valence-corrected chi connectivity index (χ0v) is 25.8. The van der Waals surface area contributed by atoms with E-state index in [1.54, 1.807) is 13.2 Å². The van der Waals surface area contributed by atoms with Crippen molar-refractivity contribution in [3.05, 3.63) is 89.5 Å². The number of piperidine rings is 1. The zero-order valence-electron chi connectivity index (χ0n) is 25.8. The average Bonchev–Trinajstić information content (AvgIpc) is 3.42. The molecule has 238 valence electrons. The summed E-state index contributed by atoms with van der Waals surface area (Å²) in [6.07, 6.45) is 3.59. The number of aliphatic hydroxyl groups excluding tert-OH is 1. The quantitative estimate of drug-likeness (QED) is 0.193. The Morgan fingerprint density at radius 3 is 2.67 bits per heavy atom. The summed E-state index contributed by atoms with van der Waals surface area (Å²) in [7, 11) is 1.71. The van der Waals surface area contributed by atoms with Gasteiger partial charge in [0.15, 0.2) is 0 Å². The van der Waals surface area contributed by atoms with E-state index in [2.05, 4.69) is 16.0 Å². The van der Waals surface area contributed by atoms with Crippen LogP contribution in [0.4, 0.5) is 4.39 Å². The molecular weight excluding hydrogens is 573 g/mol. The van der Waals surface area contributed by atoms with Gasteiger partial charge >= 0.3 is 0 Å². The highest BCUT2D eigenvalue weighted by atomic mass is 19.1. The fourth-order valence-corrected chi connectivity index (χ4v) is 6.13. The van der Waals surface area contributed by atoms with Gasteiger partial charge in [-0.25, -0.2) is 9.37 Å². The lowest BCUT2D eigenvalue weighted by Gasteiger charge is -2.33. The van der Waals surface area contributed by atoms with Gasteiger partial charge < -0.3 is 30.4 Å². The minimum atomic E-state index is -0.629. The lowest BCUT2D eigenvalue weighted by atomic mass is 9.95. The van der Waals surface area contributed by atoms with Gasteiger partial charge in [0.2, 0.25) is 5.91 Å². The summed E-state index contributed by atoms with van der Waals surface area (Å²) in [6, 6.07) is 20.0. The Labute approximate surface area is 263 Å². The number of aromatic nitrogens is 2. The van der Waals surface area contributed by atoms with E-state index >= 15 is 0 Å². The van der Waals surface area contributed by atoms with E-state index in [-0.39, 0.29) is 43.0 Å². The van der Waals surface area contributed by atoms with Gasteiger partial charge in [0.1, 0.15) is 11.6 Å². The van der Waals surface area contributed by atoms with Crippen LogP contribution < -0.4 is 11.1 Å². The van der Waals surface area contributed by atoms with Crippen LogP contribution >= 0.6 is 0 Å². The van der Waals surface area contributed by atoms with Gasteiger partial charge in [-0.05, 0) is 66.6 Å². The number of fused-ring (bicyclic) bond motifs is 1. The number of aryl methyl sites for hydroxylation is 1. The molecule has 2 amide bonds. The summed E-state index contributed by atoms with van der Waals surface area (Å²) in [4.78, 5) is 32.4. The predicted molar refractivity (Wildman–Crippen MR) is 172 cm³/mol. The molecule has 2 heterocycles. The molecule has 1 aromatic heterocycles. The number of aliphatic hydroxyl groups is 1. The van der Waals surface area contributed by atoms with Crippen molar-refractivity contribution in [3.8, 4) is 11.1 Å². The number of halogens is 1. The molecule has 0 spiro atoms. The SMILES string of the molecule is COCCCn1c([C@@H]2CCCN(C(=O)C[C@H](N)Cc3ccc(-c4ccc(C(=O)NCCO)c(F)c4)cc3)C2)nc2ccccc21. The Hall–Kier alpha value is -4.12. The molecule has 9 nitrogen and oxygen atoms in total. The second kappa shape index (κ2) is 15.2. The van der Waals surface area contributed by atoms with Crippen LogP contribution in [0.25, 0.3) is 22.2 Å². The van der Waals surface area contributed by atoms with Gasteiger partial charge in [-0.1, -0.05) is 42.5 Å². The van der Waals surface area contributed by atoms with Crippen molar-refractivity contribution in [1.82, 2.24) is 19.8 Å². The first-order valence-corrected chi connectivity index (χ1v) is 15.6. The monoisotopic (exact) mass is 615 g/mol. The van der Waals surface area contributed by atoms with Gasteiger partial charge in [0.25, 0.3) is 5.91 Å². The number of benzene rings is 3. The molecule has 0 radical (unpaired) electrons. The van der Waals surface area contributed by atoms with Crippen LogP contribution in [-0.4, -0.2) is 77.4 Å². The molecule has 1 fully saturated rings. The number of amides is 2. The third kappa shape index (κ3) is 7.94. The van der Waals surface area contributed by atoms with E-state index in [0.29, 0.717) is 25.1 Å². The maximum absolute atomic E-state index is 14.6. The molecule has 4 N–H and O–H groups in total. The normalized spacial score (nSPS) is 15.7. The van der Waals surface area contributed by atoms with Crippen molar-refractivity contribution in [3.63, 3.8) is 0 Å². The first kappa shape index (κ1) is 32.3. The molecule has 0 aliphatic carbocycles. The fraction of sp³-hybridized carbons (Fsp3) is 0.400. The summed E-state index contributed by atoms with van der Waals surface area (Å²) < 4.78 is 22.2. The molecule has 10 heteroatoms. The highest BCUT2D eigenvalue weighted by Gasteiger charge is 2.29. The van der Waals surface area contributed by atoms with Gasteiger partial charge in [-0.2, -0.15) is 0 Å². The third-order valence-electron chi connectivity index (χ3n) is 8.39. The second-order valence-corrected chi connectivity index (χ2v) is 11.7. The molecule has 1 aliphatic rings. The minimum absolute atomic E-state index is 0.0597. The van der Waals surface area contributed by atoms with Crippen LogP contribution in [-0.2, 0) is 22.5 Å². The Kier molecular flexibility index (Phi) is 10.9. The minimum Gasteiger partial charge on any atom is -0.395 e. The molecular formula is C35H42FN5O4. The number of nitrogens with zero attached hydrogens (tertiary/aromatic N) is 3. The highest BCUT2D eigenvalue weighted by molar-refractivity contribution is 5.95. The molecule has 3 aromatic carbocycles. The summed E-state index contributed by atoms with van der Waals surface area (Å²) in [5.74, 6) is 0.0639. The van der Waals surface area contributed by atoms with Gasteiger partial charge in [0, 0.05) is 58.3 Å². The van der Waals surface area contributed by atoms with E-state index < -0.39 is 11.7 Å². The zero-order chi connectivity index (χ0) is 31.8. The number of likely N-dealkylation sites (tertiary alicyclic amines) is 1. The highest BCUT2D eigenvalue weighted by Crippen LogP contribution is 2.30. The maximum atomic E-state index is 14.6. The first-order valence-electron chi connectivity index (χ1n) is 15.6. The van der Waals surface area contributed by atoms with Gasteiger partial charge in [0.05, 0.1) is 23.2 Å². The molecule has 45 heavy (non-hydrogen) atoms. The molecule has 1 aliphatic heterocycles. The molecule has 2 atom stereocenters. The number of nitrogens with two attached hydrogens (primary N) is 1. The molecule has 4 aromatic rings. The van der Waals surface area contributed by atoms with E-state index in [1.807, 2.05) is 47.4 Å². The standard InChI is InChI=1S/C35H42FN5O4/c1-45-19-5-17-41-32-8-3-2-7-31(32)39-34(41)27-6-4-16-40(23-27)33(43)22-28(37)20-24-9-11-25(12-10-24)26-13-14-29(30(36)21-26)35(44)38-15-18-42/h2-3,7-14,21,27-28,42H,4-6,15-20,22-23,37H2,1H3,(H,38,44)/t27-,28-/m1/s1. The van der Waals surface area contributed by atoms with Crippen molar-refractivity contribution in [1.29, 1.82) is 0 Å². The maximum Gasteiger partial charge on any atom is 0.254 e. The van der Waals surface area contributed by atoms with Crippen LogP contribution in [0, 0.1) is 5.82 Å². The van der Waals surface area contributed by atoms with Crippen molar-refractivity contribution < 1.29 is 23.8 Å². The number of imidazole rings is 1. The number of hydrogen-bond donors (Lipinski definition) is 3. The molecule has 5 rings (SSSR count). The van der Waals surface area contributed by atoms with Crippen molar-refractivity contribution in [2.24, 2.45) is 5.73 Å². The Balaban J connectivity index is 1.18. The van der Waals surface area contributed by atoms with Crippen molar-refractivity contribution in [2.75, 3.05) is 40.0 Å². The largest absolute Gasteiger partial charge is 0.395 e. The van der Waals surface area contributed by atoms with E-state index in [1.165, 1.54) is 12.1 Å². The molecule has 1 saturated heterocycles. The average molecular weight is 616 g/mol. The smallest absolute Gasteiger partial charge is 0.254 e. The molecule has 0 bridgehead atoms. The van der Waals surface area contributed by atoms with Crippen molar-refractivity contribution in [2.45, 2.75) is 50.6 Å². The Morgan fingerprint density at radius 2 is 1.91 bits per heavy atom. The summed E-state index contributed by atoms with van der Waals surface area (Å²) >= 11 is 0. The Bertz CT molecular complexity index is 1610. The number of carbonyl (C=O) groups excluding carboxylic acids is 2. The van der Waals surface area contributed by atoms with Gasteiger partial charge in [-0.15, -0.1) is 0 Å². The number of hydrogen-bond acceptors (Lipinski definition) is 6. The van der Waals surface area contributed by atoms with Gasteiger partial charge in [-0.3, -0.25) is 9.59 Å². The summed E-state index contributed by atoms with van der Waals surface area (Å²) in [5, 5.41) is 11.3. The summed E-state index contributed by atoms with van der Waals surface area (Å²) in [6.45, 7) is 2.70. The lowest BCUT2D eigenvalue weighted by molar-refractivity contribution is -0.132. The number of para-hydroxylation sites is 2. The second-order valence-electron chi connectivity index (χ2n) is 11.7. The Morgan fingerprint density at radius 1 is 1.13 bits per heavy atom. The van der Waals surface area contributed by atoms with Crippen LogP contribution in [0.2, 0.25) is 0 Å². The third-order valence-corrected chi connectivity index (χ3v) is 8.39. The topological polar surface area (TPSA) is 123 Å². The fourth-order valence-electron chi connectivity index (χ4n) is 6.13. The number of nitrogens with one attached hydrogen (secondary N) is 1. The number of methoxy groups -OCH3 is 1. The van der Waals surface area contributed by atoms with E-state index in [9.17, 15) is 14.0 Å². The van der Waals surface area contributed by atoms with Crippen LogP contribution in [0.5, 0.6) is 0 Å². The van der Waals surface area contributed by atoms with E-state index in [4.69, 9.17) is 20.6 Å². The molecule has 0 saturated carbocycles.